The van der Waals surface area contributed by atoms with Gasteiger partial charge in [0.2, 0.25) is 0 Å². The minimum Gasteiger partial charge on any atom is -0.297 e. The first kappa shape index (κ1) is 21.6. The van der Waals surface area contributed by atoms with Crippen LogP contribution in [0.1, 0.15) is 37.8 Å². The Morgan fingerprint density at radius 3 is 2.03 bits per heavy atom. The quantitative estimate of drug-likeness (QED) is 0.537. The number of hydrogen-bond acceptors (Lipinski definition) is 5. The third-order valence-electron chi connectivity index (χ3n) is 5.34. The lowest BCUT2D eigenvalue weighted by atomic mass is 9.87. The van der Waals surface area contributed by atoms with Gasteiger partial charge in [-0.1, -0.05) is 36.4 Å². The van der Waals surface area contributed by atoms with Crippen LogP contribution in [0.3, 0.4) is 0 Å². The maximum absolute atomic E-state index is 13.5. The second-order valence-electron chi connectivity index (χ2n) is 7.54. The van der Waals surface area contributed by atoms with Gasteiger partial charge in [0.05, 0.1) is 28.5 Å². The van der Waals surface area contributed by atoms with Gasteiger partial charge in [-0.15, -0.1) is 0 Å². The smallest absolute Gasteiger partial charge is 0.261 e. The van der Waals surface area contributed by atoms with Crippen molar-refractivity contribution in [1.82, 2.24) is 4.90 Å². The second kappa shape index (κ2) is 8.12. The van der Waals surface area contributed by atoms with Gasteiger partial charge in [0.1, 0.15) is 5.82 Å². The minimum absolute atomic E-state index is 0.0237. The molecule has 0 saturated carbocycles. The first-order chi connectivity index (χ1) is 15.2. The number of amides is 2. The second-order valence-corrected chi connectivity index (χ2v) is 9.55. The van der Waals surface area contributed by atoms with Crippen LogP contribution in [0.5, 0.6) is 0 Å². The molecule has 0 fully saturated rings. The number of Topliss-reactive ketones (excluding diaryl/α,β-unsaturated/α-hetero) is 1. The maximum Gasteiger partial charge on any atom is 0.261 e. The Hall–Kier alpha value is -3.65. The molecule has 0 saturated heterocycles. The highest BCUT2D eigenvalue weighted by Crippen LogP contribution is 2.30. The molecule has 1 heterocycles. The molecule has 0 spiro atoms. The molecule has 2 amide bonds. The van der Waals surface area contributed by atoms with Crippen LogP contribution < -0.4 is 0 Å². The minimum atomic E-state index is -3.54. The van der Waals surface area contributed by atoms with Gasteiger partial charge in [-0.3, -0.25) is 19.3 Å². The van der Waals surface area contributed by atoms with E-state index < -0.39 is 45.7 Å². The molecule has 6 nitrogen and oxygen atoms in total. The predicted molar refractivity (Wildman–Crippen MR) is 115 cm³/mol. The molecule has 0 bridgehead atoms. The molecule has 0 aliphatic carbocycles. The number of imide groups is 1. The van der Waals surface area contributed by atoms with E-state index in [1.165, 1.54) is 54.6 Å². The zero-order valence-corrected chi connectivity index (χ0v) is 17.8. The van der Waals surface area contributed by atoms with Gasteiger partial charge in [-0.2, -0.15) is 0 Å². The van der Waals surface area contributed by atoms with E-state index in [1.807, 2.05) is 0 Å². The van der Waals surface area contributed by atoms with Crippen molar-refractivity contribution in [1.29, 1.82) is 0 Å². The SMILES string of the molecule is CS(=O)(=O)c1cccc([C@@H](C(=O)CN2C(=O)c3ccccc3C2=O)c2ccc(F)cc2)c1. The van der Waals surface area contributed by atoms with E-state index in [4.69, 9.17) is 0 Å². The fourth-order valence-corrected chi connectivity index (χ4v) is 4.45. The summed E-state index contributed by atoms with van der Waals surface area (Å²) in [7, 11) is -3.54. The number of nitrogens with zero attached hydrogens (tertiary/aromatic N) is 1. The Bertz CT molecular complexity index is 1310. The topological polar surface area (TPSA) is 88.6 Å². The number of hydrogen-bond donors (Lipinski definition) is 0. The van der Waals surface area contributed by atoms with Crippen LogP contribution in [0.2, 0.25) is 0 Å². The monoisotopic (exact) mass is 451 g/mol. The third kappa shape index (κ3) is 3.97. The van der Waals surface area contributed by atoms with Gasteiger partial charge in [-0.25, -0.2) is 12.8 Å². The van der Waals surface area contributed by atoms with Crippen LogP contribution in [0.15, 0.2) is 77.7 Å². The van der Waals surface area contributed by atoms with E-state index in [1.54, 1.807) is 18.2 Å². The Morgan fingerprint density at radius 2 is 1.47 bits per heavy atom. The number of sulfone groups is 1. The van der Waals surface area contributed by atoms with Gasteiger partial charge in [0.25, 0.3) is 11.8 Å². The van der Waals surface area contributed by atoms with E-state index in [0.717, 1.165) is 11.2 Å². The molecule has 0 N–H and O–H groups in total. The highest BCUT2D eigenvalue weighted by atomic mass is 32.2. The number of rotatable bonds is 6. The van der Waals surface area contributed by atoms with E-state index in [-0.39, 0.29) is 16.0 Å². The molecule has 0 unspecified atom stereocenters. The standard InChI is InChI=1S/C24H18FNO5S/c1-32(30,31)18-6-4-5-16(13-18)22(15-9-11-17(25)12-10-15)21(27)14-26-23(28)19-7-2-3-8-20(19)24(26)29/h2-13,22H,14H2,1H3/t22-/m0/s1. The summed E-state index contributed by atoms with van der Waals surface area (Å²) in [5.74, 6) is -3.13. The molecule has 4 rings (SSSR count). The van der Waals surface area contributed by atoms with Crippen molar-refractivity contribution in [2.24, 2.45) is 0 Å². The third-order valence-corrected chi connectivity index (χ3v) is 6.45. The van der Waals surface area contributed by atoms with Crippen LogP contribution in [0.25, 0.3) is 0 Å². The van der Waals surface area contributed by atoms with Crippen LogP contribution >= 0.6 is 0 Å². The zero-order valence-electron chi connectivity index (χ0n) is 17.0. The molecule has 0 aromatic heterocycles. The normalized spacial score (nSPS) is 14.4. The highest BCUT2D eigenvalue weighted by molar-refractivity contribution is 7.90. The van der Waals surface area contributed by atoms with Crippen molar-refractivity contribution >= 4 is 27.4 Å². The largest absolute Gasteiger partial charge is 0.297 e. The molecular weight excluding hydrogens is 433 g/mol. The molecule has 1 atom stereocenters. The number of fused-ring (bicyclic) bond motifs is 1. The molecule has 1 aliphatic rings. The van der Waals surface area contributed by atoms with Crippen LogP contribution in [-0.4, -0.2) is 43.7 Å². The Kier molecular flexibility index (Phi) is 5.48. The number of carbonyl (C=O) groups is 3. The summed E-state index contributed by atoms with van der Waals surface area (Å²) in [4.78, 5) is 39.7. The van der Waals surface area contributed by atoms with Crippen LogP contribution in [-0.2, 0) is 14.6 Å². The molecule has 1 aliphatic heterocycles. The molecule has 162 valence electrons. The van der Waals surface area contributed by atoms with Gasteiger partial charge in [0.15, 0.2) is 15.6 Å². The highest BCUT2D eigenvalue weighted by Gasteiger charge is 2.38. The maximum atomic E-state index is 13.5. The van der Waals surface area contributed by atoms with Crippen LogP contribution in [0, 0.1) is 5.82 Å². The molecule has 32 heavy (non-hydrogen) atoms. The molecular formula is C24H18FNO5S. The predicted octanol–water partition coefficient (Wildman–Crippen LogP) is 3.23. The Balaban J connectivity index is 1.73. The number of halogens is 1. The molecule has 0 radical (unpaired) electrons. The zero-order chi connectivity index (χ0) is 23.0. The number of ketones is 1. The summed E-state index contributed by atoms with van der Waals surface area (Å²) in [5.41, 5.74) is 1.23. The van der Waals surface area contributed by atoms with E-state index in [0.29, 0.717) is 11.1 Å². The van der Waals surface area contributed by atoms with Crippen molar-refractivity contribution in [2.75, 3.05) is 12.8 Å². The fraction of sp³-hybridized carbons (Fsp3) is 0.125. The van der Waals surface area contributed by atoms with Crippen molar-refractivity contribution in [3.05, 3.63) is 101 Å². The lowest BCUT2D eigenvalue weighted by Gasteiger charge is -2.21. The van der Waals surface area contributed by atoms with Crippen molar-refractivity contribution in [3.63, 3.8) is 0 Å². The molecule has 3 aromatic rings. The Morgan fingerprint density at radius 1 is 0.875 bits per heavy atom. The summed E-state index contributed by atoms with van der Waals surface area (Å²) >= 11 is 0. The van der Waals surface area contributed by atoms with E-state index in [9.17, 15) is 27.2 Å². The van der Waals surface area contributed by atoms with Gasteiger partial charge in [0, 0.05) is 6.26 Å². The van der Waals surface area contributed by atoms with Gasteiger partial charge >= 0.3 is 0 Å². The summed E-state index contributed by atoms with van der Waals surface area (Å²) in [6, 6.07) is 17.4. The Labute approximate surface area is 184 Å². The van der Waals surface area contributed by atoms with Crippen molar-refractivity contribution < 1.29 is 27.2 Å². The lowest BCUT2D eigenvalue weighted by molar-refractivity contribution is -0.120. The van der Waals surface area contributed by atoms with Gasteiger partial charge < -0.3 is 0 Å². The van der Waals surface area contributed by atoms with Gasteiger partial charge in [-0.05, 0) is 47.5 Å². The summed E-state index contributed by atoms with van der Waals surface area (Å²) < 4.78 is 37.5. The fourth-order valence-electron chi connectivity index (χ4n) is 3.77. The van der Waals surface area contributed by atoms with E-state index >= 15 is 0 Å². The average molecular weight is 451 g/mol. The summed E-state index contributed by atoms with van der Waals surface area (Å²) in [5, 5.41) is 0. The van der Waals surface area contributed by atoms with E-state index in [2.05, 4.69) is 0 Å². The summed E-state index contributed by atoms with van der Waals surface area (Å²) in [6.07, 6.45) is 1.06. The first-order valence-electron chi connectivity index (χ1n) is 9.70. The number of benzene rings is 3. The average Bonchev–Trinajstić information content (AvgIpc) is 3.00. The summed E-state index contributed by atoms with van der Waals surface area (Å²) in [6.45, 7) is -0.502. The van der Waals surface area contributed by atoms with Crippen molar-refractivity contribution in [2.45, 2.75) is 10.8 Å². The first-order valence-corrected chi connectivity index (χ1v) is 11.6. The van der Waals surface area contributed by atoms with Crippen molar-refractivity contribution in [3.8, 4) is 0 Å². The molecule has 3 aromatic carbocycles. The molecule has 8 heteroatoms. The lowest BCUT2D eigenvalue weighted by Crippen LogP contribution is -2.37. The van der Waals surface area contributed by atoms with Crippen LogP contribution in [0.4, 0.5) is 4.39 Å². The number of carbonyl (C=O) groups excluding carboxylic acids is 3.